The zero-order chi connectivity index (χ0) is 14.7. The van der Waals surface area contributed by atoms with E-state index >= 15 is 0 Å². The van der Waals surface area contributed by atoms with Crippen LogP contribution in [0.5, 0.6) is 0 Å². The Labute approximate surface area is 125 Å². The van der Waals surface area contributed by atoms with Gasteiger partial charge in [0, 0.05) is 11.6 Å². The molecule has 1 fully saturated rings. The molecule has 1 amide bonds. The number of amides is 1. The Hall–Kier alpha value is -1.26. The first-order valence-electron chi connectivity index (χ1n) is 7.11. The highest BCUT2D eigenvalue weighted by molar-refractivity contribution is 6.31. The molecule has 1 saturated heterocycles. The first kappa shape index (κ1) is 15.1. The Morgan fingerprint density at radius 2 is 2.35 bits per heavy atom. The zero-order valence-electron chi connectivity index (χ0n) is 12.0. The Morgan fingerprint density at radius 1 is 1.60 bits per heavy atom. The van der Waals surface area contributed by atoms with E-state index in [1.54, 1.807) is 18.2 Å². The largest absolute Gasteiger partial charge is 0.397 e. The second-order valence-electron chi connectivity index (χ2n) is 5.45. The standard InChI is InChI=1S/C15H22ClN3O/c1-3-11-6-7-19(9-11)10(2)15(20)18-14-5-4-12(16)8-13(14)17/h4-5,8,10-11H,3,6-7,9,17H2,1-2H3,(H,18,20). The number of hydrogen-bond acceptors (Lipinski definition) is 3. The van der Waals surface area contributed by atoms with Crippen LogP contribution in [0.4, 0.5) is 11.4 Å². The summed E-state index contributed by atoms with van der Waals surface area (Å²) in [7, 11) is 0. The summed E-state index contributed by atoms with van der Waals surface area (Å²) >= 11 is 5.85. The quantitative estimate of drug-likeness (QED) is 0.840. The molecule has 1 heterocycles. The highest BCUT2D eigenvalue weighted by Gasteiger charge is 2.28. The number of carbonyl (C=O) groups excluding carboxylic acids is 1. The van der Waals surface area contributed by atoms with Crippen LogP contribution < -0.4 is 11.1 Å². The number of nitrogens with one attached hydrogen (secondary N) is 1. The molecule has 1 aromatic rings. The SMILES string of the molecule is CCC1CCN(C(C)C(=O)Nc2ccc(Cl)cc2N)C1. The van der Waals surface area contributed by atoms with Gasteiger partial charge in [0.15, 0.2) is 0 Å². The number of benzene rings is 1. The Balaban J connectivity index is 1.97. The van der Waals surface area contributed by atoms with Gasteiger partial charge in [0.1, 0.15) is 0 Å². The monoisotopic (exact) mass is 295 g/mol. The van der Waals surface area contributed by atoms with E-state index < -0.39 is 0 Å². The van der Waals surface area contributed by atoms with Crippen molar-refractivity contribution in [3.63, 3.8) is 0 Å². The van der Waals surface area contributed by atoms with Crippen LogP contribution in [0.25, 0.3) is 0 Å². The van der Waals surface area contributed by atoms with Crippen molar-refractivity contribution in [1.82, 2.24) is 4.90 Å². The Kier molecular flexibility index (Phi) is 4.89. The highest BCUT2D eigenvalue weighted by atomic mass is 35.5. The predicted molar refractivity (Wildman–Crippen MR) is 83.9 cm³/mol. The lowest BCUT2D eigenvalue weighted by Crippen LogP contribution is -2.40. The Bertz CT molecular complexity index is 492. The summed E-state index contributed by atoms with van der Waals surface area (Å²) in [6.45, 7) is 6.14. The fraction of sp³-hybridized carbons (Fsp3) is 0.533. The van der Waals surface area contributed by atoms with E-state index in [2.05, 4.69) is 17.1 Å². The summed E-state index contributed by atoms with van der Waals surface area (Å²) in [4.78, 5) is 14.5. The summed E-state index contributed by atoms with van der Waals surface area (Å²) in [5, 5.41) is 3.45. The average Bonchev–Trinajstić information content (AvgIpc) is 2.89. The van der Waals surface area contributed by atoms with Gasteiger partial charge in [0.2, 0.25) is 5.91 Å². The fourth-order valence-electron chi connectivity index (χ4n) is 2.60. The maximum Gasteiger partial charge on any atom is 0.241 e. The number of anilines is 2. The van der Waals surface area contributed by atoms with E-state index in [9.17, 15) is 4.79 Å². The first-order chi connectivity index (χ1) is 9.51. The van der Waals surface area contributed by atoms with E-state index in [1.165, 1.54) is 12.8 Å². The van der Waals surface area contributed by atoms with Gasteiger partial charge in [-0.2, -0.15) is 0 Å². The molecule has 5 heteroatoms. The van der Waals surface area contributed by atoms with Crippen molar-refractivity contribution in [1.29, 1.82) is 0 Å². The third-order valence-corrected chi connectivity index (χ3v) is 4.33. The number of nitrogens with zero attached hydrogens (tertiary/aromatic N) is 1. The summed E-state index contributed by atoms with van der Waals surface area (Å²) in [5.41, 5.74) is 6.97. The smallest absolute Gasteiger partial charge is 0.241 e. The molecule has 3 N–H and O–H groups in total. The van der Waals surface area contributed by atoms with Gasteiger partial charge in [-0.15, -0.1) is 0 Å². The van der Waals surface area contributed by atoms with Crippen LogP contribution in [0.1, 0.15) is 26.7 Å². The molecule has 0 radical (unpaired) electrons. The van der Waals surface area contributed by atoms with Crippen LogP contribution in [0.2, 0.25) is 5.02 Å². The van der Waals surface area contributed by atoms with Gasteiger partial charge in [-0.05, 0) is 44.0 Å². The molecule has 4 nitrogen and oxygen atoms in total. The van der Waals surface area contributed by atoms with Gasteiger partial charge >= 0.3 is 0 Å². The molecule has 0 saturated carbocycles. The minimum absolute atomic E-state index is 0.0178. The number of nitrogen functional groups attached to an aromatic ring is 1. The fourth-order valence-corrected chi connectivity index (χ4v) is 2.78. The normalized spacial score (nSPS) is 20.9. The van der Waals surface area contributed by atoms with Gasteiger partial charge in [-0.25, -0.2) is 0 Å². The average molecular weight is 296 g/mol. The summed E-state index contributed by atoms with van der Waals surface area (Å²) in [5.74, 6) is 0.696. The molecule has 2 atom stereocenters. The maximum atomic E-state index is 12.3. The molecule has 2 rings (SSSR count). The summed E-state index contributed by atoms with van der Waals surface area (Å²) in [6.07, 6.45) is 2.35. The molecule has 0 bridgehead atoms. The lowest BCUT2D eigenvalue weighted by atomic mass is 10.1. The van der Waals surface area contributed by atoms with E-state index in [-0.39, 0.29) is 11.9 Å². The molecule has 0 aliphatic carbocycles. The minimum Gasteiger partial charge on any atom is -0.397 e. The van der Waals surface area contributed by atoms with Crippen LogP contribution in [0.3, 0.4) is 0 Å². The maximum absolute atomic E-state index is 12.3. The van der Waals surface area contributed by atoms with Crippen LogP contribution in [0.15, 0.2) is 18.2 Å². The molecule has 110 valence electrons. The van der Waals surface area contributed by atoms with Crippen molar-refractivity contribution in [2.45, 2.75) is 32.7 Å². The van der Waals surface area contributed by atoms with Crippen molar-refractivity contribution >= 4 is 28.9 Å². The van der Waals surface area contributed by atoms with Crippen LogP contribution in [-0.2, 0) is 4.79 Å². The topological polar surface area (TPSA) is 58.4 Å². The summed E-state index contributed by atoms with van der Waals surface area (Å²) < 4.78 is 0. The summed E-state index contributed by atoms with van der Waals surface area (Å²) in [6, 6.07) is 4.97. The van der Waals surface area contributed by atoms with Crippen molar-refractivity contribution in [3.05, 3.63) is 23.2 Å². The molecule has 0 spiro atoms. The number of likely N-dealkylation sites (tertiary alicyclic amines) is 1. The van der Waals surface area contributed by atoms with Crippen molar-refractivity contribution in [2.75, 3.05) is 24.1 Å². The van der Waals surface area contributed by atoms with Crippen molar-refractivity contribution in [3.8, 4) is 0 Å². The second kappa shape index (κ2) is 6.46. The highest BCUT2D eigenvalue weighted by Crippen LogP contribution is 2.24. The van der Waals surface area contributed by atoms with Crippen LogP contribution in [-0.4, -0.2) is 29.9 Å². The van der Waals surface area contributed by atoms with Crippen LogP contribution >= 0.6 is 11.6 Å². The third kappa shape index (κ3) is 3.44. The van der Waals surface area contributed by atoms with Gasteiger partial charge < -0.3 is 11.1 Å². The lowest BCUT2D eigenvalue weighted by Gasteiger charge is -2.23. The molecule has 2 unspecified atom stereocenters. The van der Waals surface area contributed by atoms with Gasteiger partial charge in [-0.1, -0.05) is 24.9 Å². The minimum atomic E-state index is -0.137. The van der Waals surface area contributed by atoms with Gasteiger partial charge in [0.25, 0.3) is 0 Å². The molecular formula is C15H22ClN3O. The number of carbonyl (C=O) groups is 1. The lowest BCUT2D eigenvalue weighted by molar-refractivity contribution is -0.120. The van der Waals surface area contributed by atoms with E-state index in [1.807, 2.05) is 6.92 Å². The molecule has 1 aliphatic rings. The molecular weight excluding hydrogens is 274 g/mol. The molecule has 20 heavy (non-hydrogen) atoms. The number of hydrogen-bond donors (Lipinski definition) is 2. The second-order valence-corrected chi connectivity index (χ2v) is 5.89. The van der Waals surface area contributed by atoms with Crippen LogP contribution in [0, 0.1) is 5.92 Å². The number of halogens is 1. The zero-order valence-corrected chi connectivity index (χ0v) is 12.8. The number of nitrogens with two attached hydrogens (primary N) is 1. The van der Waals surface area contributed by atoms with Crippen molar-refractivity contribution < 1.29 is 4.79 Å². The van der Waals surface area contributed by atoms with Crippen molar-refractivity contribution in [2.24, 2.45) is 5.92 Å². The predicted octanol–water partition coefficient (Wildman–Crippen LogP) is 2.98. The Morgan fingerprint density at radius 3 is 2.95 bits per heavy atom. The van der Waals surface area contributed by atoms with E-state index in [4.69, 9.17) is 17.3 Å². The van der Waals surface area contributed by atoms with Gasteiger partial charge in [-0.3, -0.25) is 9.69 Å². The first-order valence-corrected chi connectivity index (χ1v) is 7.49. The van der Waals surface area contributed by atoms with E-state index in [0.717, 1.165) is 13.1 Å². The molecule has 0 aromatic heterocycles. The van der Waals surface area contributed by atoms with E-state index in [0.29, 0.717) is 22.3 Å². The molecule has 1 aliphatic heterocycles. The third-order valence-electron chi connectivity index (χ3n) is 4.09. The number of rotatable bonds is 4. The molecule has 1 aromatic carbocycles. The van der Waals surface area contributed by atoms with Gasteiger partial charge in [0.05, 0.1) is 17.4 Å².